The van der Waals surface area contributed by atoms with E-state index in [4.69, 9.17) is 5.73 Å². The Labute approximate surface area is 97.5 Å². The molecule has 0 bridgehead atoms. The van der Waals surface area contributed by atoms with Gasteiger partial charge in [-0.2, -0.15) is 15.4 Å². The second-order valence-corrected chi connectivity index (χ2v) is 3.88. The summed E-state index contributed by atoms with van der Waals surface area (Å²) in [5.74, 6) is 0.794. The summed E-state index contributed by atoms with van der Waals surface area (Å²) in [5.41, 5.74) is 9.40. The monoisotopic (exact) mass is 228 g/mol. The van der Waals surface area contributed by atoms with E-state index in [-0.39, 0.29) is 0 Å². The minimum absolute atomic E-state index is 0.520. The summed E-state index contributed by atoms with van der Waals surface area (Å²) in [5, 5.41) is 10.4. The summed E-state index contributed by atoms with van der Waals surface area (Å²) in [6.07, 6.45) is 1.66. The number of rotatable bonds is 2. The van der Waals surface area contributed by atoms with Crippen molar-refractivity contribution in [1.82, 2.24) is 25.0 Å². The van der Waals surface area contributed by atoms with E-state index in [2.05, 4.69) is 20.4 Å². The van der Waals surface area contributed by atoms with Crippen molar-refractivity contribution in [3.63, 3.8) is 0 Å². The van der Waals surface area contributed by atoms with Crippen molar-refractivity contribution in [3.05, 3.63) is 30.0 Å². The summed E-state index contributed by atoms with van der Waals surface area (Å²) in [7, 11) is 1.96. The van der Waals surface area contributed by atoms with Gasteiger partial charge in [-0.15, -0.1) is 0 Å². The van der Waals surface area contributed by atoms with Crippen LogP contribution in [-0.4, -0.2) is 25.0 Å². The van der Waals surface area contributed by atoms with Gasteiger partial charge in [0, 0.05) is 13.6 Å². The molecule has 0 saturated heterocycles. The topological polar surface area (TPSA) is 85.4 Å². The van der Waals surface area contributed by atoms with Gasteiger partial charge in [-0.1, -0.05) is 6.07 Å². The smallest absolute Gasteiger partial charge is 0.163 e. The lowest BCUT2D eigenvalue weighted by Gasteiger charge is -1.98. The van der Waals surface area contributed by atoms with E-state index in [0.29, 0.717) is 6.54 Å². The molecule has 0 saturated carbocycles. The number of aromatic nitrogens is 5. The van der Waals surface area contributed by atoms with Gasteiger partial charge < -0.3 is 10.3 Å². The number of fused-ring (bicyclic) bond motifs is 1. The van der Waals surface area contributed by atoms with Crippen LogP contribution in [0, 0.1) is 0 Å². The zero-order chi connectivity index (χ0) is 11.8. The SMILES string of the molecule is Cn1c(-c2cn[nH]n2)nc2cc(CN)ccc21. The molecule has 0 aliphatic rings. The van der Waals surface area contributed by atoms with Crippen molar-refractivity contribution in [2.24, 2.45) is 12.8 Å². The highest BCUT2D eigenvalue weighted by molar-refractivity contribution is 5.80. The number of imidazole rings is 1. The standard InChI is InChI=1S/C11H12N6/c1-17-10-3-2-7(5-12)4-8(10)14-11(17)9-6-13-16-15-9/h2-4,6H,5,12H2,1H3,(H,13,15,16). The first-order valence-corrected chi connectivity index (χ1v) is 5.31. The largest absolute Gasteiger partial charge is 0.326 e. The first kappa shape index (κ1) is 9.98. The van der Waals surface area contributed by atoms with Gasteiger partial charge in [0.1, 0.15) is 5.69 Å². The van der Waals surface area contributed by atoms with E-state index in [1.165, 1.54) is 0 Å². The van der Waals surface area contributed by atoms with Crippen molar-refractivity contribution < 1.29 is 0 Å². The van der Waals surface area contributed by atoms with Crippen LogP contribution in [0.25, 0.3) is 22.6 Å². The molecular weight excluding hydrogens is 216 g/mol. The lowest BCUT2D eigenvalue weighted by molar-refractivity contribution is 0.919. The number of aryl methyl sites for hydroxylation is 1. The van der Waals surface area contributed by atoms with E-state index in [0.717, 1.165) is 28.1 Å². The van der Waals surface area contributed by atoms with Crippen molar-refractivity contribution in [2.75, 3.05) is 0 Å². The molecule has 17 heavy (non-hydrogen) atoms. The van der Waals surface area contributed by atoms with Crippen LogP contribution >= 0.6 is 0 Å². The average Bonchev–Trinajstić information content (AvgIpc) is 2.97. The van der Waals surface area contributed by atoms with Gasteiger partial charge in [-0.05, 0) is 17.7 Å². The minimum atomic E-state index is 0.520. The molecule has 3 rings (SSSR count). The maximum absolute atomic E-state index is 5.62. The molecule has 3 N–H and O–H groups in total. The number of benzene rings is 1. The molecule has 6 nitrogen and oxygen atoms in total. The second-order valence-electron chi connectivity index (χ2n) is 3.88. The molecule has 0 aliphatic heterocycles. The van der Waals surface area contributed by atoms with Crippen LogP contribution in [0.5, 0.6) is 0 Å². The van der Waals surface area contributed by atoms with Gasteiger partial charge in [0.05, 0.1) is 17.2 Å². The van der Waals surface area contributed by atoms with Crippen molar-refractivity contribution in [1.29, 1.82) is 0 Å². The average molecular weight is 228 g/mol. The van der Waals surface area contributed by atoms with Crippen LogP contribution in [0.4, 0.5) is 0 Å². The van der Waals surface area contributed by atoms with Crippen molar-refractivity contribution in [3.8, 4) is 11.5 Å². The summed E-state index contributed by atoms with van der Waals surface area (Å²) >= 11 is 0. The van der Waals surface area contributed by atoms with E-state index in [1.807, 2.05) is 29.8 Å². The number of nitrogens with zero attached hydrogens (tertiary/aromatic N) is 4. The number of H-pyrrole nitrogens is 1. The Bertz CT molecular complexity index is 652. The van der Waals surface area contributed by atoms with E-state index in [9.17, 15) is 0 Å². The maximum Gasteiger partial charge on any atom is 0.163 e. The van der Waals surface area contributed by atoms with Crippen LogP contribution in [0.15, 0.2) is 24.4 Å². The third-order valence-corrected chi connectivity index (χ3v) is 2.83. The van der Waals surface area contributed by atoms with Crippen LogP contribution in [0.2, 0.25) is 0 Å². The minimum Gasteiger partial charge on any atom is -0.326 e. The first-order chi connectivity index (χ1) is 8.29. The zero-order valence-electron chi connectivity index (χ0n) is 9.38. The molecule has 0 unspecified atom stereocenters. The predicted octanol–water partition coefficient (Wildman–Crippen LogP) is 0.817. The van der Waals surface area contributed by atoms with Crippen LogP contribution in [0.3, 0.4) is 0 Å². The van der Waals surface area contributed by atoms with Crippen molar-refractivity contribution in [2.45, 2.75) is 6.54 Å². The highest BCUT2D eigenvalue weighted by atomic mass is 15.3. The number of nitrogens with two attached hydrogens (primary N) is 1. The molecule has 0 atom stereocenters. The van der Waals surface area contributed by atoms with Crippen LogP contribution in [0.1, 0.15) is 5.56 Å². The molecule has 0 aliphatic carbocycles. The second kappa shape index (κ2) is 3.67. The fourth-order valence-electron chi connectivity index (χ4n) is 1.91. The molecular formula is C11H12N6. The van der Waals surface area contributed by atoms with E-state index >= 15 is 0 Å². The summed E-state index contributed by atoms with van der Waals surface area (Å²) in [4.78, 5) is 4.55. The van der Waals surface area contributed by atoms with E-state index < -0.39 is 0 Å². The third kappa shape index (κ3) is 1.50. The first-order valence-electron chi connectivity index (χ1n) is 5.31. The van der Waals surface area contributed by atoms with Gasteiger partial charge in [0.2, 0.25) is 0 Å². The Kier molecular flexibility index (Phi) is 2.15. The molecule has 86 valence electrons. The fourth-order valence-corrected chi connectivity index (χ4v) is 1.91. The molecule has 0 amide bonds. The van der Waals surface area contributed by atoms with Crippen LogP contribution < -0.4 is 5.73 Å². The summed E-state index contributed by atoms with van der Waals surface area (Å²) in [6.45, 7) is 0.520. The fraction of sp³-hybridized carbons (Fsp3) is 0.182. The van der Waals surface area contributed by atoms with Gasteiger partial charge in [-0.25, -0.2) is 4.98 Å². The zero-order valence-corrected chi connectivity index (χ0v) is 9.38. The number of nitrogens with one attached hydrogen (secondary N) is 1. The summed E-state index contributed by atoms with van der Waals surface area (Å²) in [6, 6.07) is 6.03. The van der Waals surface area contributed by atoms with E-state index in [1.54, 1.807) is 6.20 Å². The molecule has 0 radical (unpaired) electrons. The highest BCUT2D eigenvalue weighted by Crippen LogP contribution is 2.22. The Morgan fingerprint density at radius 3 is 3.00 bits per heavy atom. The number of aromatic amines is 1. The molecule has 1 aromatic carbocycles. The molecule has 2 heterocycles. The Hall–Kier alpha value is -2.21. The van der Waals surface area contributed by atoms with Crippen molar-refractivity contribution >= 4 is 11.0 Å². The lowest BCUT2D eigenvalue weighted by Crippen LogP contribution is -1.95. The number of hydrogen-bond donors (Lipinski definition) is 2. The normalized spacial score (nSPS) is 11.2. The predicted molar refractivity (Wildman–Crippen MR) is 64.0 cm³/mol. The molecule has 6 heteroatoms. The Balaban J connectivity index is 2.24. The van der Waals surface area contributed by atoms with Crippen LogP contribution in [-0.2, 0) is 13.6 Å². The highest BCUT2D eigenvalue weighted by Gasteiger charge is 2.11. The molecule has 0 spiro atoms. The Morgan fingerprint density at radius 2 is 2.29 bits per heavy atom. The van der Waals surface area contributed by atoms with Gasteiger partial charge in [0.25, 0.3) is 0 Å². The molecule has 2 aromatic heterocycles. The number of hydrogen-bond acceptors (Lipinski definition) is 4. The summed E-state index contributed by atoms with van der Waals surface area (Å²) < 4.78 is 1.99. The molecule has 3 aromatic rings. The maximum atomic E-state index is 5.62. The van der Waals surface area contributed by atoms with Gasteiger partial charge >= 0.3 is 0 Å². The quantitative estimate of drug-likeness (QED) is 0.680. The van der Waals surface area contributed by atoms with Gasteiger partial charge in [-0.3, -0.25) is 0 Å². The third-order valence-electron chi connectivity index (χ3n) is 2.83. The molecule has 0 fully saturated rings. The Morgan fingerprint density at radius 1 is 1.41 bits per heavy atom. The van der Waals surface area contributed by atoms with Gasteiger partial charge in [0.15, 0.2) is 5.82 Å². The lowest BCUT2D eigenvalue weighted by atomic mass is 10.2.